The van der Waals surface area contributed by atoms with Crippen molar-refractivity contribution in [3.63, 3.8) is 0 Å². The lowest BCUT2D eigenvalue weighted by atomic mass is 10.1. The van der Waals surface area contributed by atoms with E-state index in [4.69, 9.17) is 10.5 Å². The molecule has 1 aromatic rings. The first-order chi connectivity index (χ1) is 6.75. The summed E-state index contributed by atoms with van der Waals surface area (Å²) in [4.78, 5) is 4.14. The molecule has 1 aliphatic carbocycles. The molecule has 14 heavy (non-hydrogen) atoms. The van der Waals surface area contributed by atoms with E-state index in [2.05, 4.69) is 4.98 Å². The highest BCUT2D eigenvalue weighted by molar-refractivity contribution is 5.22. The molecule has 2 N–H and O–H groups in total. The van der Waals surface area contributed by atoms with Crippen molar-refractivity contribution < 1.29 is 4.74 Å². The van der Waals surface area contributed by atoms with Gasteiger partial charge in [0.2, 0.25) is 5.88 Å². The Morgan fingerprint density at radius 2 is 2.43 bits per heavy atom. The first-order valence-corrected chi connectivity index (χ1v) is 5.10. The third-order valence-electron chi connectivity index (χ3n) is 2.45. The molecule has 0 aliphatic heterocycles. The minimum atomic E-state index is 0.0428. The van der Waals surface area contributed by atoms with E-state index in [1.807, 2.05) is 19.1 Å². The van der Waals surface area contributed by atoms with Crippen molar-refractivity contribution in [3.05, 3.63) is 23.9 Å². The number of nitrogens with two attached hydrogens (primary N) is 1. The summed E-state index contributed by atoms with van der Waals surface area (Å²) in [6.07, 6.45) is 4.35. The van der Waals surface area contributed by atoms with Crippen LogP contribution in [0.25, 0.3) is 0 Å². The SMILES string of the molecule is C[C@H](N)c1ccnc(OCC2CC2)c1. The van der Waals surface area contributed by atoms with E-state index in [0.29, 0.717) is 5.88 Å². The van der Waals surface area contributed by atoms with Crippen molar-refractivity contribution >= 4 is 0 Å². The van der Waals surface area contributed by atoms with Crippen LogP contribution in [0.4, 0.5) is 0 Å². The summed E-state index contributed by atoms with van der Waals surface area (Å²) in [5, 5.41) is 0. The zero-order valence-corrected chi connectivity index (χ0v) is 8.44. The van der Waals surface area contributed by atoms with Gasteiger partial charge in [-0.2, -0.15) is 0 Å². The standard InChI is InChI=1S/C11H16N2O/c1-8(12)10-4-5-13-11(6-10)14-7-9-2-3-9/h4-6,8-9H,2-3,7,12H2,1H3/t8-/m0/s1. The molecule has 0 spiro atoms. The Morgan fingerprint density at radius 1 is 1.64 bits per heavy atom. The van der Waals surface area contributed by atoms with Gasteiger partial charge >= 0.3 is 0 Å². The second-order valence-corrected chi connectivity index (χ2v) is 3.97. The third-order valence-corrected chi connectivity index (χ3v) is 2.45. The van der Waals surface area contributed by atoms with Crippen molar-refractivity contribution in [2.45, 2.75) is 25.8 Å². The van der Waals surface area contributed by atoms with Crippen LogP contribution < -0.4 is 10.5 Å². The van der Waals surface area contributed by atoms with Gasteiger partial charge in [-0.15, -0.1) is 0 Å². The lowest BCUT2D eigenvalue weighted by molar-refractivity contribution is 0.288. The Kier molecular flexibility index (Phi) is 2.68. The molecule has 1 fully saturated rings. The quantitative estimate of drug-likeness (QED) is 0.792. The van der Waals surface area contributed by atoms with Crippen molar-refractivity contribution in [2.75, 3.05) is 6.61 Å². The summed E-state index contributed by atoms with van der Waals surface area (Å²) < 4.78 is 5.55. The van der Waals surface area contributed by atoms with Crippen LogP contribution in [-0.2, 0) is 0 Å². The molecule has 1 aromatic heterocycles. The molecule has 0 saturated heterocycles. The number of ether oxygens (including phenoxy) is 1. The molecule has 1 aliphatic rings. The fourth-order valence-electron chi connectivity index (χ4n) is 1.27. The van der Waals surface area contributed by atoms with Gasteiger partial charge in [-0.3, -0.25) is 0 Å². The zero-order chi connectivity index (χ0) is 9.97. The maximum atomic E-state index is 5.77. The topological polar surface area (TPSA) is 48.1 Å². The average molecular weight is 192 g/mol. The van der Waals surface area contributed by atoms with Gasteiger partial charge in [0.25, 0.3) is 0 Å². The lowest BCUT2D eigenvalue weighted by Crippen LogP contribution is -2.06. The number of pyridine rings is 1. The molecule has 0 aromatic carbocycles. The van der Waals surface area contributed by atoms with Crippen molar-refractivity contribution in [1.82, 2.24) is 4.98 Å². The first-order valence-electron chi connectivity index (χ1n) is 5.10. The van der Waals surface area contributed by atoms with E-state index in [-0.39, 0.29) is 6.04 Å². The molecule has 0 radical (unpaired) electrons. The molecule has 0 amide bonds. The molecule has 3 nitrogen and oxygen atoms in total. The number of nitrogens with zero attached hydrogens (tertiary/aromatic N) is 1. The van der Waals surface area contributed by atoms with Gasteiger partial charge in [0.05, 0.1) is 6.61 Å². The molecular formula is C11H16N2O. The number of hydrogen-bond donors (Lipinski definition) is 1. The highest BCUT2D eigenvalue weighted by atomic mass is 16.5. The van der Waals surface area contributed by atoms with Gasteiger partial charge in [0.15, 0.2) is 0 Å². The maximum Gasteiger partial charge on any atom is 0.213 e. The van der Waals surface area contributed by atoms with E-state index in [0.717, 1.165) is 18.1 Å². The number of aromatic nitrogens is 1. The Balaban J connectivity index is 1.97. The molecule has 2 rings (SSSR count). The summed E-state index contributed by atoms with van der Waals surface area (Å²) in [5.41, 5.74) is 6.84. The Labute approximate surface area is 84.3 Å². The maximum absolute atomic E-state index is 5.77. The van der Waals surface area contributed by atoms with Crippen LogP contribution in [0.15, 0.2) is 18.3 Å². The second kappa shape index (κ2) is 3.96. The van der Waals surface area contributed by atoms with Crippen LogP contribution >= 0.6 is 0 Å². The van der Waals surface area contributed by atoms with Crippen molar-refractivity contribution in [3.8, 4) is 5.88 Å². The van der Waals surface area contributed by atoms with Gasteiger partial charge in [-0.1, -0.05) is 0 Å². The molecule has 1 heterocycles. The van der Waals surface area contributed by atoms with E-state index < -0.39 is 0 Å². The van der Waals surface area contributed by atoms with Gasteiger partial charge in [-0.05, 0) is 37.3 Å². The van der Waals surface area contributed by atoms with Gasteiger partial charge in [0.1, 0.15) is 0 Å². The van der Waals surface area contributed by atoms with Crippen LogP contribution in [0.3, 0.4) is 0 Å². The predicted octanol–water partition coefficient (Wildman–Crippen LogP) is 1.89. The fraction of sp³-hybridized carbons (Fsp3) is 0.545. The van der Waals surface area contributed by atoms with Crippen LogP contribution in [0, 0.1) is 5.92 Å². The molecule has 76 valence electrons. The predicted molar refractivity (Wildman–Crippen MR) is 55.1 cm³/mol. The first kappa shape index (κ1) is 9.46. The van der Waals surface area contributed by atoms with Crippen molar-refractivity contribution in [1.29, 1.82) is 0 Å². The lowest BCUT2D eigenvalue weighted by Gasteiger charge is -2.08. The normalized spacial score (nSPS) is 17.9. The molecule has 0 bridgehead atoms. The Bertz CT molecular complexity index is 308. The summed E-state index contributed by atoms with van der Waals surface area (Å²) in [7, 11) is 0. The zero-order valence-electron chi connectivity index (χ0n) is 8.44. The fourth-order valence-corrected chi connectivity index (χ4v) is 1.27. The minimum absolute atomic E-state index is 0.0428. The monoisotopic (exact) mass is 192 g/mol. The van der Waals surface area contributed by atoms with Crippen molar-refractivity contribution in [2.24, 2.45) is 11.7 Å². The molecule has 1 saturated carbocycles. The summed E-state index contributed by atoms with van der Waals surface area (Å²) >= 11 is 0. The van der Waals surface area contributed by atoms with E-state index >= 15 is 0 Å². The molecule has 0 unspecified atom stereocenters. The van der Waals surface area contributed by atoms with Gasteiger partial charge < -0.3 is 10.5 Å². The summed E-state index contributed by atoms with van der Waals surface area (Å²) in [6, 6.07) is 3.89. The van der Waals surface area contributed by atoms with Gasteiger partial charge in [0, 0.05) is 18.3 Å². The second-order valence-electron chi connectivity index (χ2n) is 3.97. The van der Waals surface area contributed by atoms with Crippen LogP contribution in [0.1, 0.15) is 31.4 Å². The average Bonchev–Trinajstić information content (AvgIpc) is 2.99. The minimum Gasteiger partial charge on any atom is -0.477 e. The third kappa shape index (κ3) is 2.45. The molecule has 3 heteroatoms. The number of rotatable bonds is 4. The summed E-state index contributed by atoms with van der Waals surface area (Å²) in [5.74, 6) is 1.46. The van der Waals surface area contributed by atoms with E-state index in [1.165, 1.54) is 12.8 Å². The highest BCUT2D eigenvalue weighted by Gasteiger charge is 2.22. The number of hydrogen-bond acceptors (Lipinski definition) is 3. The molecular weight excluding hydrogens is 176 g/mol. The summed E-state index contributed by atoms with van der Waals surface area (Å²) in [6.45, 7) is 2.76. The van der Waals surface area contributed by atoms with Gasteiger partial charge in [-0.25, -0.2) is 4.98 Å². The highest BCUT2D eigenvalue weighted by Crippen LogP contribution is 2.29. The van der Waals surface area contributed by atoms with Crippen LogP contribution in [0.2, 0.25) is 0 Å². The van der Waals surface area contributed by atoms with Crippen LogP contribution in [0.5, 0.6) is 5.88 Å². The molecule has 1 atom stereocenters. The largest absolute Gasteiger partial charge is 0.477 e. The smallest absolute Gasteiger partial charge is 0.213 e. The van der Waals surface area contributed by atoms with E-state index in [9.17, 15) is 0 Å². The Morgan fingerprint density at radius 3 is 3.07 bits per heavy atom. The van der Waals surface area contributed by atoms with E-state index in [1.54, 1.807) is 6.20 Å². The Hall–Kier alpha value is -1.09. The van der Waals surface area contributed by atoms with Crippen LogP contribution in [-0.4, -0.2) is 11.6 Å².